The minimum atomic E-state index is -3.60. The van der Waals surface area contributed by atoms with Crippen LogP contribution < -0.4 is 0 Å². The van der Waals surface area contributed by atoms with E-state index in [0.29, 0.717) is 31.6 Å². The van der Waals surface area contributed by atoms with Gasteiger partial charge in [-0.3, -0.25) is 4.79 Å². The fraction of sp³-hybridized carbons (Fsp3) is 0.474. The maximum absolute atomic E-state index is 12.8. The summed E-state index contributed by atoms with van der Waals surface area (Å²) in [6.07, 6.45) is 3.25. The summed E-state index contributed by atoms with van der Waals surface area (Å²) in [5.41, 5.74) is 1.84. The van der Waals surface area contributed by atoms with Crippen LogP contribution in [-0.2, 0) is 15.4 Å². The van der Waals surface area contributed by atoms with Crippen molar-refractivity contribution in [3.8, 4) is 0 Å². The number of carbonyl (C=O) groups is 1. The molecule has 1 saturated heterocycles. The van der Waals surface area contributed by atoms with E-state index in [9.17, 15) is 13.2 Å². The standard InChI is InChI=1S/C19H26N4O3S/c1-19(2,3)16-7-5-15(6-8-16)18(24)22-9-4-10-23(12-11-22)27(25,26)17-13-20-14-21-17/h5-8,13-14H,4,9-12H2,1-3H3,(H,20,21). The summed E-state index contributed by atoms with van der Waals surface area (Å²) in [5, 5.41) is 0.0834. The van der Waals surface area contributed by atoms with Gasteiger partial charge in [0.1, 0.15) is 0 Å². The number of nitrogens with zero attached hydrogens (tertiary/aromatic N) is 3. The molecule has 0 radical (unpaired) electrons. The van der Waals surface area contributed by atoms with Crippen LogP contribution in [0.4, 0.5) is 0 Å². The smallest absolute Gasteiger partial charge is 0.260 e. The minimum Gasteiger partial charge on any atom is -0.337 e. The number of carbonyl (C=O) groups excluding carboxylic acids is 1. The first kappa shape index (κ1) is 19.6. The van der Waals surface area contributed by atoms with Crippen LogP contribution in [0, 0.1) is 0 Å². The normalized spacial score (nSPS) is 16.9. The molecular weight excluding hydrogens is 364 g/mol. The first-order chi connectivity index (χ1) is 12.7. The van der Waals surface area contributed by atoms with Crippen molar-refractivity contribution in [2.45, 2.75) is 37.6 Å². The third-order valence-electron chi connectivity index (χ3n) is 4.83. The van der Waals surface area contributed by atoms with Gasteiger partial charge in [0.15, 0.2) is 5.03 Å². The van der Waals surface area contributed by atoms with E-state index in [-0.39, 0.29) is 22.9 Å². The number of sulfonamides is 1. The van der Waals surface area contributed by atoms with Gasteiger partial charge in [-0.15, -0.1) is 0 Å². The van der Waals surface area contributed by atoms with Crippen LogP contribution in [0.3, 0.4) is 0 Å². The molecule has 1 aliphatic heterocycles. The van der Waals surface area contributed by atoms with Gasteiger partial charge in [-0.05, 0) is 29.5 Å². The summed E-state index contributed by atoms with van der Waals surface area (Å²) in [6.45, 7) is 7.96. The number of rotatable bonds is 3. The molecule has 3 rings (SSSR count). The average molecular weight is 391 g/mol. The van der Waals surface area contributed by atoms with Crippen molar-refractivity contribution in [2.75, 3.05) is 26.2 Å². The van der Waals surface area contributed by atoms with Crippen molar-refractivity contribution in [2.24, 2.45) is 0 Å². The molecule has 1 amide bonds. The number of aromatic nitrogens is 2. The predicted octanol–water partition coefficient (Wildman–Crippen LogP) is 2.24. The Hall–Kier alpha value is -2.19. The molecule has 0 aliphatic carbocycles. The molecule has 2 aromatic rings. The van der Waals surface area contributed by atoms with Crippen LogP contribution in [0.1, 0.15) is 43.1 Å². The molecule has 0 saturated carbocycles. The first-order valence-corrected chi connectivity index (χ1v) is 10.5. The largest absolute Gasteiger partial charge is 0.337 e. The van der Waals surface area contributed by atoms with E-state index in [2.05, 4.69) is 30.7 Å². The van der Waals surface area contributed by atoms with Gasteiger partial charge in [0, 0.05) is 31.7 Å². The molecule has 1 N–H and O–H groups in total. The van der Waals surface area contributed by atoms with Crippen LogP contribution in [0.25, 0.3) is 0 Å². The molecule has 1 aromatic carbocycles. The molecule has 27 heavy (non-hydrogen) atoms. The molecule has 146 valence electrons. The van der Waals surface area contributed by atoms with Gasteiger partial charge in [0.2, 0.25) is 0 Å². The van der Waals surface area contributed by atoms with E-state index in [0.717, 1.165) is 0 Å². The number of hydrogen-bond donors (Lipinski definition) is 1. The van der Waals surface area contributed by atoms with Crippen molar-refractivity contribution < 1.29 is 13.2 Å². The SMILES string of the molecule is CC(C)(C)c1ccc(C(=O)N2CCCN(S(=O)(=O)c3cnc[nH]3)CC2)cc1. The number of amides is 1. The number of benzene rings is 1. The quantitative estimate of drug-likeness (QED) is 0.871. The maximum atomic E-state index is 12.8. The summed E-state index contributed by atoms with van der Waals surface area (Å²) in [5.74, 6) is -0.0590. The third-order valence-corrected chi connectivity index (χ3v) is 6.65. The van der Waals surface area contributed by atoms with Gasteiger partial charge in [-0.2, -0.15) is 4.31 Å². The summed E-state index contributed by atoms with van der Waals surface area (Å²) < 4.78 is 26.7. The fourth-order valence-corrected chi connectivity index (χ4v) is 4.52. The average Bonchev–Trinajstić information content (AvgIpc) is 3.06. The zero-order valence-corrected chi connectivity index (χ0v) is 16.8. The van der Waals surface area contributed by atoms with Crippen LogP contribution in [-0.4, -0.2) is 59.7 Å². The van der Waals surface area contributed by atoms with E-state index in [1.807, 2.05) is 24.3 Å². The second-order valence-electron chi connectivity index (χ2n) is 7.79. The lowest BCUT2D eigenvalue weighted by molar-refractivity contribution is 0.0764. The highest BCUT2D eigenvalue weighted by atomic mass is 32.2. The van der Waals surface area contributed by atoms with Crippen LogP contribution in [0.15, 0.2) is 41.8 Å². The third kappa shape index (κ3) is 4.22. The Labute approximate surface area is 160 Å². The van der Waals surface area contributed by atoms with E-state index >= 15 is 0 Å². The second kappa shape index (κ2) is 7.44. The van der Waals surface area contributed by atoms with Crippen molar-refractivity contribution in [1.29, 1.82) is 0 Å². The minimum absolute atomic E-state index is 0.0334. The van der Waals surface area contributed by atoms with Crippen LogP contribution in [0.5, 0.6) is 0 Å². The van der Waals surface area contributed by atoms with E-state index in [4.69, 9.17) is 0 Å². The van der Waals surface area contributed by atoms with Crippen molar-refractivity contribution in [3.05, 3.63) is 47.9 Å². The fourth-order valence-electron chi connectivity index (χ4n) is 3.16. The van der Waals surface area contributed by atoms with Gasteiger partial charge in [-0.1, -0.05) is 32.9 Å². The molecule has 0 unspecified atom stereocenters. The van der Waals surface area contributed by atoms with Crippen molar-refractivity contribution >= 4 is 15.9 Å². The number of H-pyrrole nitrogens is 1. The summed E-state index contributed by atoms with van der Waals surface area (Å²) in [7, 11) is -3.60. The van der Waals surface area contributed by atoms with Gasteiger partial charge >= 0.3 is 0 Å². The molecular formula is C19H26N4O3S. The van der Waals surface area contributed by atoms with Crippen molar-refractivity contribution in [3.63, 3.8) is 0 Å². The van der Waals surface area contributed by atoms with E-state index in [1.54, 1.807) is 4.90 Å². The van der Waals surface area contributed by atoms with Gasteiger partial charge < -0.3 is 9.88 Å². The topological polar surface area (TPSA) is 86.4 Å². The first-order valence-electron chi connectivity index (χ1n) is 9.08. The Morgan fingerprint density at radius 3 is 2.37 bits per heavy atom. The number of hydrogen-bond acceptors (Lipinski definition) is 4. The van der Waals surface area contributed by atoms with Gasteiger partial charge in [0.05, 0.1) is 12.5 Å². The Morgan fingerprint density at radius 1 is 1.07 bits per heavy atom. The van der Waals surface area contributed by atoms with E-state index < -0.39 is 10.0 Å². The van der Waals surface area contributed by atoms with Gasteiger partial charge in [0.25, 0.3) is 15.9 Å². The highest BCUT2D eigenvalue weighted by Crippen LogP contribution is 2.23. The zero-order chi connectivity index (χ0) is 19.7. The van der Waals surface area contributed by atoms with Crippen LogP contribution >= 0.6 is 0 Å². The van der Waals surface area contributed by atoms with Gasteiger partial charge in [-0.25, -0.2) is 13.4 Å². The lowest BCUT2D eigenvalue weighted by Gasteiger charge is -2.23. The second-order valence-corrected chi connectivity index (χ2v) is 9.70. The molecule has 1 fully saturated rings. The lowest BCUT2D eigenvalue weighted by atomic mass is 9.86. The molecule has 1 aliphatic rings. The maximum Gasteiger partial charge on any atom is 0.260 e. The molecule has 0 atom stereocenters. The number of nitrogens with one attached hydrogen (secondary N) is 1. The highest BCUT2D eigenvalue weighted by Gasteiger charge is 2.29. The zero-order valence-electron chi connectivity index (χ0n) is 16.0. The monoisotopic (exact) mass is 390 g/mol. The molecule has 1 aromatic heterocycles. The molecule has 0 bridgehead atoms. The van der Waals surface area contributed by atoms with Crippen molar-refractivity contribution in [1.82, 2.24) is 19.2 Å². The molecule has 2 heterocycles. The Balaban J connectivity index is 1.70. The Bertz CT molecular complexity index is 884. The molecule has 7 nitrogen and oxygen atoms in total. The Morgan fingerprint density at radius 2 is 1.78 bits per heavy atom. The summed E-state index contributed by atoms with van der Waals surface area (Å²) in [4.78, 5) is 21.0. The summed E-state index contributed by atoms with van der Waals surface area (Å²) in [6, 6.07) is 7.68. The molecule has 8 heteroatoms. The highest BCUT2D eigenvalue weighted by molar-refractivity contribution is 7.89. The lowest BCUT2D eigenvalue weighted by Crippen LogP contribution is -2.37. The summed E-state index contributed by atoms with van der Waals surface area (Å²) >= 11 is 0. The number of imidazole rings is 1. The number of aromatic amines is 1. The Kier molecular flexibility index (Phi) is 5.39. The molecule has 0 spiro atoms. The predicted molar refractivity (Wildman–Crippen MR) is 103 cm³/mol. The van der Waals surface area contributed by atoms with Crippen LogP contribution in [0.2, 0.25) is 0 Å². The van der Waals surface area contributed by atoms with E-state index in [1.165, 1.54) is 22.4 Å².